The molecular weight excluding hydrogens is 318 g/mol. The molecule has 2 N–H and O–H groups in total. The van der Waals surface area contributed by atoms with Crippen molar-refractivity contribution in [1.82, 2.24) is 10.1 Å². The number of hydrogen-bond acceptors (Lipinski definition) is 4. The zero-order chi connectivity index (χ0) is 17.4. The molecule has 25 heavy (non-hydrogen) atoms. The number of para-hydroxylation sites is 1. The Balaban J connectivity index is 1.63. The van der Waals surface area contributed by atoms with Crippen molar-refractivity contribution in [1.29, 1.82) is 0 Å². The van der Waals surface area contributed by atoms with Gasteiger partial charge in [-0.3, -0.25) is 9.59 Å². The topological polar surface area (TPSA) is 89.4 Å². The van der Waals surface area contributed by atoms with Crippen molar-refractivity contribution in [2.24, 2.45) is 5.73 Å². The van der Waals surface area contributed by atoms with Gasteiger partial charge >= 0.3 is 0 Å². The van der Waals surface area contributed by atoms with E-state index in [0.717, 1.165) is 16.5 Å². The lowest BCUT2D eigenvalue weighted by Gasteiger charge is -2.35. The van der Waals surface area contributed by atoms with E-state index in [1.165, 1.54) is 0 Å². The van der Waals surface area contributed by atoms with E-state index >= 15 is 0 Å². The van der Waals surface area contributed by atoms with E-state index in [0.29, 0.717) is 24.2 Å². The second-order valence-electron chi connectivity index (χ2n) is 6.21. The van der Waals surface area contributed by atoms with Crippen LogP contribution in [0.15, 0.2) is 53.1 Å². The first-order chi connectivity index (χ1) is 12.1. The maximum Gasteiger partial charge on any atom is 0.240 e. The summed E-state index contributed by atoms with van der Waals surface area (Å²) in [5.41, 5.74) is 8.86. The number of aromatic nitrogens is 1. The third-order valence-corrected chi connectivity index (χ3v) is 4.67. The zero-order valence-corrected chi connectivity index (χ0v) is 13.5. The molecule has 0 spiro atoms. The Labute approximate surface area is 144 Å². The number of amides is 2. The molecule has 0 saturated carbocycles. The molecule has 0 radical (unpaired) electrons. The first-order valence-corrected chi connectivity index (χ1v) is 8.12. The van der Waals surface area contributed by atoms with Crippen LogP contribution < -0.4 is 5.73 Å². The van der Waals surface area contributed by atoms with Gasteiger partial charge in [0.05, 0.1) is 6.42 Å². The first kappa shape index (κ1) is 15.4. The van der Waals surface area contributed by atoms with Crippen LogP contribution in [0.3, 0.4) is 0 Å². The summed E-state index contributed by atoms with van der Waals surface area (Å²) in [4.78, 5) is 26.3. The minimum atomic E-state index is -0.638. The van der Waals surface area contributed by atoms with Crippen molar-refractivity contribution in [2.75, 3.05) is 0 Å². The lowest BCUT2D eigenvalue weighted by Crippen LogP contribution is -2.51. The predicted molar refractivity (Wildman–Crippen MR) is 91.4 cm³/mol. The van der Waals surface area contributed by atoms with Gasteiger partial charge < -0.3 is 15.2 Å². The Morgan fingerprint density at radius 3 is 2.64 bits per heavy atom. The monoisotopic (exact) mass is 335 g/mol. The highest BCUT2D eigenvalue weighted by Crippen LogP contribution is 2.25. The van der Waals surface area contributed by atoms with Gasteiger partial charge in [-0.2, -0.15) is 0 Å². The average molecular weight is 335 g/mol. The molecule has 1 aliphatic heterocycles. The van der Waals surface area contributed by atoms with E-state index in [1.54, 1.807) is 11.0 Å². The molecule has 6 heteroatoms. The summed E-state index contributed by atoms with van der Waals surface area (Å²) >= 11 is 0. The fourth-order valence-electron chi connectivity index (χ4n) is 3.35. The molecule has 1 atom stereocenters. The van der Waals surface area contributed by atoms with Crippen LogP contribution in [0.5, 0.6) is 0 Å². The Morgan fingerprint density at radius 2 is 1.84 bits per heavy atom. The predicted octanol–water partition coefficient (Wildman–Crippen LogP) is 1.81. The van der Waals surface area contributed by atoms with Gasteiger partial charge in [0.1, 0.15) is 11.7 Å². The maximum atomic E-state index is 12.9. The molecule has 3 aromatic rings. The quantitative estimate of drug-likeness (QED) is 0.790. The normalized spacial score (nSPS) is 16.6. The number of carbonyl (C=O) groups excluding carboxylic acids is 2. The lowest BCUT2D eigenvalue weighted by atomic mass is 9.93. The highest BCUT2D eigenvalue weighted by Gasteiger charge is 2.33. The number of primary amides is 1. The van der Waals surface area contributed by atoms with Crippen LogP contribution >= 0.6 is 0 Å². The lowest BCUT2D eigenvalue weighted by molar-refractivity contribution is -0.140. The van der Waals surface area contributed by atoms with Gasteiger partial charge in [0.25, 0.3) is 0 Å². The third kappa shape index (κ3) is 2.76. The minimum Gasteiger partial charge on any atom is -0.368 e. The fraction of sp³-hybridized carbons (Fsp3) is 0.211. The van der Waals surface area contributed by atoms with E-state index in [-0.39, 0.29) is 12.3 Å². The zero-order valence-electron chi connectivity index (χ0n) is 13.5. The van der Waals surface area contributed by atoms with Crippen LogP contribution in [0, 0.1) is 0 Å². The number of nitrogens with zero attached hydrogens (tertiary/aromatic N) is 2. The number of benzene rings is 2. The summed E-state index contributed by atoms with van der Waals surface area (Å²) in [5.74, 6) is -0.676. The van der Waals surface area contributed by atoms with Gasteiger partial charge in [0.2, 0.25) is 11.8 Å². The fourth-order valence-corrected chi connectivity index (χ4v) is 3.35. The van der Waals surface area contributed by atoms with E-state index in [4.69, 9.17) is 10.3 Å². The van der Waals surface area contributed by atoms with E-state index < -0.39 is 11.9 Å². The largest absolute Gasteiger partial charge is 0.368 e. The SMILES string of the molecule is NC(=O)[C@H]1Cc2ccccc2CN1C(=O)Cc1noc2ccccc12. The highest BCUT2D eigenvalue weighted by atomic mass is 16.5. The van der Waals surface area contributed by atoms with Crippen LogP contribution in [0.4, 0.5) is 0 Å². The summed E-state index contributed by atoms with van der Waals surface area (Å²) in [7, 11) is 0. The highest BCUT2D eigenvalue weighted by molar-refractivity contribution is 5.90. The molecule has 2 aromatic carbocycles. The van der Waals surface area contributed by atoms with Gasteiger partial charge in [0, 0.05) is 18.4 Å². The number of rotatable bonds is 3. The molecule has 0 aliphatic carbocycles. The maximum absolute atomic E-state index is 12.9. The Kier molecular flexibility index (Phi) is 3.72. The number of fused-ring (bicyclic) bond motifs is 2. The average Bonchev–Trinajstić information content (AvgIpc) is 3.03. The van der Waals surface area contributed by atoms with Crippen LogP contribution in [-0.2, 0) is 29.0 Å². The van der Waals surface area contributed by atoms with Crippen LogP contribution in [-0.4, -0.2) is 27.9 Å². The van der Waals surface area contributed by atoms with E-state index in [1.807, 2.05) is 42.5 Å². The molecule has 4 rings (SSSR count). The van der Waals surface area contributed by atoms with Crippen molar-refractivity contribution in [3.63, 3.8) is 0 Å². The van der Waals surface area contributed by atoms with Crippen molar-refractivity contribution in [3.8, 4) is 0 Å². The second kappa shape index (κ2) is 6.05. The summed E-state index contributed by atoms with van der Waals surface area (Å²) in [6.07, 6.45) is 0.514. The summed E-state index contributed by atoms with van der Waals surface area (Å²) in [6.45, 7) is 0.373. The molecule has 2 heterocycles. The van der Waals surface area contributed by atoms with Gasteiger partial charge in [0.15, 0.2) is 5.58 Å². The molecule has 126 valence electrons. The molecule has 0 unspecified atom stereocenters. The number of hydrogen-bond donors (Lipinski definition) is 1. The molecule has 6 nitrogen and oxygen atoms in total. The Hall–Kier alpha value is -3.15. The van der Waals surface area contributed by atoms with Gasteiger partial charge in [-0.05, 0) is 23.3 Å². The number of nitrogens with two attached hydrogens (primary N) is 1. The van der Waals surface area contributed by atoms with Crippen LogP contribution in [0.2, 0.25) is 0 Å². The van der Waals surface area contributed by atoms with E-state index in [9.17, 15) is 9.59 Å². The van der Waals surface area contributed by atoms with E-state index in [2.05, 4.69) is 5.16 Å². The number of carbonyl (C=O) groups is 2. The summed E-state index contributed by atoms with van der Waals surface area (Å²) in [5, 5.41) is 4.81. The van der Waals surface area contributed by atoms with Crippen molar-refractivity contribution in [3.05, 3.63) is 65.4 Å². The van der Waals surface area contributed by atoms with Crippen molar-refractivity contribution in [2.45, 2.75) is 25.4 Å². The molecule has 1 aromatic heterocycles. The van der Waals surface area contributed by atoms with Crippen molar-refractivity contribution < 1.29 is 14.1 Å². The molecule has 0 bridgehead atoms. The summed E-state index contributed by atoms with van der Waals surface area (Å²) < 4.78 is 5.26. The molecule has 1 aliphatic rings. The van der Waals surface area contributed by atoms with Crippen LogP contribution in [0.1, 0.15) is 16.8 Å². The summed E-state index contributed by atoms with van der Waals surface area (Å²) in [6, 6.07) is 14.6. The molecular formula is C19H17N3O3. The minimum absolute atomic E-state index is 0.0724. The second-order valence-corrected chi connectivity index (χ2v) is 6.21. The smallest absolute Gasteiger partial charge is 0.240 e. The Bertz CT molecular complexity index is 963. The molecule has 0 saturated heterocycles. The van der Waals surface area contributed by atoms with Gasteiger partial charge in [-0.15, -0.1) is 0 Å². The first-order valence-electron chi connectivity index (χ1n) is 8.12. The molecule has 2 amide bonds. The van der Waals surface area contributed by atoms with Crippen molar-refractivity contribution >= 4 is 22.8 Å². The molecule has 0 fully saturated rings. The Morgan fingerprint density at radius 1 is 1.12 bits per heavy atom. The van der Waals surface area contributed by atoms with Gasteiger partial charge in [-0.25, -0.2) is 0 Å². The van der Waals surface area contributed by atoms with Gasteiger partial charge in [-0.1, -0.05) is 41.6 Å². The standard InChI is InChI=1S/C19H17N3O3/c20-19(24)16-9-12-5-1-2-6-13(12)11-22(16)18(23)10-15-14-7-3-4-8-17(14)25-21-15/h1-8,16H,9-11H2,(H2,20,24)/t16-/m1/s1. The van der Waals surface area contributed by atoms with Crippen LogP contribution in [0.25, 0.3) is 11.0 Å². The third-order valence-electron chi connectivity index (χ3n) is 4.67.